The highest BCUT2D eigenvalue weighted by molar-refractivity contribution is 5.99. The Kier molecular flexibility index (Phi) is 5.44. The van der Waals surface area contributed by atoms with Crippen molar-refractivity contribution < 1.29 is 18.7 Å². The maximum Gasteiger partial charge on any atom is 0.319 e. The standard InChI is InChI=1S/C19H26N4O3.3H2/c1-3-12(2)16-18(25)21-14-8-5-4-7-13(14)11-23(16)19(26)22-15-9-6-10-20-17(15)24;;;/h4-5,7-8,12,15-16H,3,6,9-11H2,1-2H3,(H,20,24)(H,21,25)(H,22,26);3*1H/t12-,15-,16-;;;/m0.../s1. The average Bonchev–Trinajstić information content (AvgIpc) is 2.78. The number of hydrogen-bond donors (Lipinski definition) is 3. The summed E-state index contributed by atoms with van der Waals surface area (Å²) in [5.41, 5.74) is 1.62. The van der Waals surface area contributed by atoms with Crippen LogP contribution in [0.2, 0.25) is 0 Å². The lowest BCUT2D eigenvalue weighted by Crippen LogP contribution is -2.57. The van der Waals surface area contributed by atoms with Crippen molar-refractivity contribution in [1.29, 1.82) is 0 Å². The summed E-state index contributed by atoms with van der Waals surface area (Å²) in [6.07, 6.45) is 2.21. The monoisotopic (exact) mass is 364 g/mol. The van der Waals surface area contributed by atoms with E-state index in [1.165, 1.54) is 0 Å². The van der Waals surface area contributed by atoms with Crippen LogP contribution in [0.1, 0.15) is 43.0 Å². The van der Waals surface area contributed by atoms with E-state index in [2.05, 4.69) is 16.0 Å². The van der Waals surface area contributed by atoms with Crippen molar-refractivity contribution in [2.75, 3.05) is 11.9 Å². The zero-order valence-electron chi connectivity index (χ0n) is 15.2. The first kappa shape index (κ1) is 18.2. The molecule has 1 saturated heterocycles. The Morgan fingerprint density at radius 2 is 2.12 bits per heavy atom. The van der Waals surface area contributed by atoms with Crippen LogP contribution in [0.25, 0.3) is 0 Å². The van der Waals surface area contributed by atoms with Crippen LogP contribution < -0.4 is 16.0 Å². The normalized spacial score (nSPS) is 24.0. The molecule has 1 fully saturated rings. The Balaban J connectivity index is 0.00000261. The lowest BCUT2D eigenvalue weighted by Gasteiger charge is -2.34. The SMILES string of the molecule is CC[C@H](C)[C@H]1C(=O)Nc2ccccc2CN1C(=O)N[C@H]1CCCNC1=O.[HH].[HH].[HH]. The van der Waals surface area contributed by atoms with Crippen LogP contribution in [0, 0.1) is 5.92 Å². The third-order valence-corrected chi connectivity index (χ3v) is 5.25. The largest absolute Gasteiger partial charge is 0.354 e. The van der Waals surface area contributed by atoms with Crippen molar-refractivity contribution in [3.63, 3.8) is 0 Å². The van der Waals surface area contributed by atoms with Crippen molar-refractivity contribution in [3.05, 3.63) is 29.8 Å². The number of para-hydroxylation sites is 1. The molecule has 0 aromatic heterocycles. The van der Waals surface area contributed by atoms with E-state index in [1.807, 2.05) is 38.1 Å². The number of anilines is 1. The van der Waals surface area contributed by atoms with Gasteiger partial charge in [0.2, 0.25) is 11.8 Å². The van der Waals surface area contributed by atoms with E-state index in [1.54, 1.807) is 4.90 Å². The second kappa shape index (κ2) is 7.76. The molecule has 0 saturated carbocycles. The van der Waals surface area contributed by atoms with Gasteiger partial charge in [0.15, 0.2) is 0 Å². The molecule has 0 unspecified atom stereocenters. The summed E-state index contributed by atoms with van der Waals surface area (Å²) in [5, 5.41) is 8.54. The van der Waals surface area contributed by atoms with Crippen LogP contribution >= 0.6 is 0 Å². The molecule has 3 N–H and O–H groups in total. The third kappa shape index (κ3) is 3.66. The molecule has 0 radical (unpaired) electrons. The predicted octanol–water partition coefficient (Wildman–Crippen LogP) is 2.58. The van der Waals surface area contributed by atoms with E-state index in [0.29, 0.717) is 19.5 Å². The summed E-state index contributed by atoms with van der Waals surface area (Å²) in [7, 11) is 0. The average molecular weight is 364 g/mol. The van der Waals surface area contributed by atoms with Gasteiger partial charge in [-0.05, 0) is 30.4 Å². The van der Waals surface area contributed by atoms with Gasteiger partial charge in [-0.15, -0.1) is 0 Å². The minimum atomic E-state index is -0.584. The molecule has 146 valence electrons. The summed E-state index contributed by atoms with van der Waals surface area (Å²) in [5.74, 6) is -0.354. The van der Waals surface area contributed by atoms with E-state index >= 15 is 0 Å². The second-order valence-electron chi connectivity index (χ2n) is 7.04. The van der Waals surface area contributed by atoms with E-state index in [4.69, 9.17) is 0 Å². The number of rotatable bonds is 3. The molecule has 0 aliphatic carbocycles. The fraction of sp³-hybridized carbons (Fsp3) is 0.526. The first-order valence-corrected chi connectivity index (χ1v) is 9.25. The summed E-state index contributed by atoms with van der Waals surface area (Å²) in [6, 6.07) is 6.00. The highest BCUT2D eigenvalue weighted by Crippen LogP contribution is 2.27. The molecule has 4 amide bonds. The fourth-order valence-corrected chi connectivity index (χ4v) is 3.54. The minimum Gasteiger partial charge on any atom is -0.354 e. The molecule has 2 aliphatic heterocycles. The van der Waals surface area contributed by atoms with Crippen LogP contribution in [0.5, 0.6) is 0 Å². The zero-order chi connectivity index (χ0) is 18.7. The number of urea groups is 1. The Morgan fingerprint density at radius 3 is 2.85 bits per heavy atom. The number of nitrogens with zero attached hydrogens (tertiary/aromatic N) is 1. The summed E-state index contributed by atoms with van der Waals surface area (Å²) < 4.78 is 0. The molecule has 26 heavy (non-hydrogen) atoms. The zero-order valence-corrected chi connectivity index (χ0v) is 15.2. The van der Waals surface area contributed by atoms with E-state index < -0.39 is 12.1 Å². The Morgan fingerprint density at radius 1 is 1.35 bits per heavy atom. The van der Waals surface area contributed by atoms with E-state index in [-0.39, 0.29) is 28.0 Å². The maximum atomic E-state index is 13.0. The van der Waals surface area contributed by atoms with Gasteiger partial charge in [0, 0.05) is 16.5 Å². The molecule has 1 aromatic carbocycles. The van der Waals surface area contributed by atoms with Crippen LogP contribution in [0.4, 0.5) is 10.5 Å². The van der Waals surface area contributed by atoms with E-state index in [0.717, 1.165) is 24.1 Å². The smallest absolute Gasteiger partial charge is 0.319 e. The number of amides is 4. The van der Waals surface area contributed by atoms with Crippen molar-refractivity contribution >= 4 is 23.5 Å². The number of carbonyl (C=O) groups is 3. The summed E-state index contributed by atoms with van der Waals surface area (Å²) in [4.78, 5) is 39.4. The Labute approximate surface area is 158 Å². The van der Waals surface area contributed by atoms with Gasteiger partial charge in [-0.25, -0.2) is 4.79 Å². The van der Waals surface area contributed by atoms with Crippen LogP contribution in [0.3, 0.4) is 0 Å². The van der Waals surface area contributed by atoms with Crippen LogP contribution in [0.15, 0.2) is 24.3 Å². The highest BCUT2D eigenvalue weighted by Gasteiger charge is 2.38. The minimum absolute atomic E-state index is 0. The third-order valence-electron chi connectivity index (χ3n) is 5.25. The van der Waals surface area contributed by atoms with Crippen molar-refractivity contribution in [3.8, 4) is 0 Å². The van der Waals surface area contributed by atoms with E-state index in [9.17, 15) is 14.4 Å². The molecule has 1 aromatic rings. The number of piperidine rings is 1. The first-order valence-electron chi connectivity index (χ1n) is 9.25. The molecule has 0 spiro atoms. The van der Waals surface area contributed by atoms with Gasteiger partial charge in [-0.1, -0.05) is 38.5 Å². The number of benzene rings is 1. The van der Waals surface area contributed by atoms with Gasteiger partial charge in [0.05, 0.1) is 6.54 Å². The van der Waals surface area contributed by atoms with Crippen molar-refractivity contribution in [1.82, 2.24) is 15.5 Å². The molecule has 7 nitrogen and oxygen atoms in total. The lowest BCUT2D eigenvalue weighted by molar-refractivity contribution is -0.124. The number of carbonyl (C=O) groups excluding carboxylic acids is 3. The quantitative estimate of drug-likeness (QED) is 0.770. The van der Waals surface area contributed by atoms with Gasteiger partial charge in [0.25, 0.3) is 0 Å². The maximum absolute atomic E-state index is 13.0. The van der Waals surface area contributed by atoms with Crippen molar-refractivity contribution in [2.45, 2.75) is 51.7 Å². The predicted molar refractivity (Wildman–Crippen MR) is 105 cm³/mol. The Bertz CT molecular complexity index is 720. The molecular weight excluding hydrogens is 332 g/mol. The summed E-state index contributed by atoms with van der Waals surface area (Å²) >= 11 is 0. The van der Waals surface area contributed by atoms with Crippen molar-refractivity contribution in [2.24, 2.45) is 5.92 Å². The van der Waals surface area contributed by atoms with Gasteiger partial charge in [-0.2, -0.15) is 0 Å². The lowest BCUT2D eigenvalue weighted by atomic mass is 9.97. The van der Waals surface area contributed by atoms with Gasteiger partial charge < -0.3 is 20.9 Å². The first-order chi connectivity index (χ1) is 12.5. The molecule has 3 rings (SSSR count). The number of nitrogens with one attached hydrogen (secondary N) is 3. The Hall–Kier alpha value is -2.57. The molecule has 0 bridgehead atoms. The molecule has 7 heteroatoms. The van der Waals surface area contributed by atoms with Gasteiger partial charge >= 0.3 is 6.03 Å². The van der Waals surface area contributed by atoms with Gasteiger partial charge in [-0.3, -0.25) is 9.59 Å². The highest BCUT2D eigenvalue weighted by atomic mass is 16.2. The summed E-state index contributed by atoms with van der Waals surface area (Å²) in [6.45, 7) is 4.93. The molecule has 2 heterocycles. The topological polar surface area (TPSA) is 90.5 Å². The fourth-order valence-electron chi connectivity index (χ4n) is 3.54. The van der Waals surface area contributed by atoms with Crippen LogP contribution in [-0.2, 0) is 16.1 Å². The molecule has 3 atom stereocenters. The van der Waals surface area contributed by atoms with Gasteiger partial charge in [0.1, 0.15) is 12.1 Å². The number of fused-ring (bicyclic) bond motifs is 1. The molecule has 2 aliphatic rings. The second-order valence-corrected chi connectivity index (χ2v) is 7.04. The molecular formula is C19H32N4O3. The van der Waals surface area contributed by atoms with Crippen LogP contribution in [-0.4, -0.2) is 41.4 Å². The number of hydrogen-bond acceptors (Lipinski definition) is 3.